The number of imidazole rings is 1. The van der Waals surface area contributed by atoms with Gasteiger partial charge in [-0.2, -0.15) is 0 Å². The van der Waals surface area contributed by atoms with Crippen LogP contribution in [0.1, 0.15) is 5.76 Å². The second kappa shape index (κ2) is 4.62. The molecule has 0 fully saturated rings. The van der Waals surface area contributed by atoms with Crippen molar-refractivity contribution >= 4 is 63.6 Å². The van der Waals surface area contributed by atoms with Crippen molar-refractivity contribution in [2.45, 2.75) is 11.8 Å². The van der Waals surface area contributed by atoms with Crippen LogP contribution in [-0.4, -0.2) is 22.5 Å². The van der Waals surface area contributed by atoms with Crippen LogP contribution in [0.15, 0.2) is 23.4 Å². The molecule has 0 spiro atoms. The van der Waals surface area contributed by atoms with Crippen molar-refractivity contribution in [3.8, 4) is 0 Å². The van der Waals surface area contributed by atoms with Crippen LogP contribution in [0.2, 0.25) is 0 Å². The standard InChI is InChI=1S/C7H5Br3N4O3S/c1-2-3(6(11)13-17-2)18(15,16)14-5(9)4(8)12-7(14)10/h1H3,(H2,11,13). The first-order valence-corrected chi connectivity index (χ1v) is 8.15. The highest BCUT2D eigenvalue weighted by molar-refractivity contribution is 9.13. The minimum absolute atomic E-state index is 0.0984. The Kier molecular flexibility index (Phi) is 3.60. The molecule has 2 aromatic heterocycles. The molecular weight excluding hydrogens is 460 g/mol. The fourth-order valence-corrected chi connectivity index (χ4v) is 5.44. The average molecular weight is 465 g/mol. The normalized spacial score (nSPS) is 12.0. The summed E-state index contributed by atoms with van der Waals surface area (Å²) >= 11 is 9.30. The molecule has 2 rings (SSSR count). The Morgan fingerprint density at radius 2 is 1.94 bits per heavy atom. The van der Waals surface area contributed by atoms with Crippen LogP contribution >= 0.6 is 47.8 Å². The van der Waals surface area contributed by atoms with Crippen LogP contribution in [0.4, 0.5) is 5.82 Å². The highest BCUT2D eigenvalue weighted by Crippen LogP contribution is 2.33. The van der Waals surface area contributed by atoms with Gasteiger partial charge in [-0.05, 0) is 54.7 Å². The summed E-state index contributed by atoms with van der Waals surface area (Å²) in [7, 11) is -3.95. The Labute approximate surface area is 127 Å². The zero-order chi connectivity index (χ0) is 13.7. The number of nitrogens with zero attached hydrogens (tertiary/aromatic N) is 3. The SMILES string of the molecule is Cc1onc(N)c1S(=O)(=O)n1c(Br)nc(Br)c1Br. The number of hydrogen-bond acceptors (Lipinski definition) is 6. The predicted octanol–water partition coefficient (Wildman–Crippen LogP) is 2.29. The van der Waals surface area contributed by atoms with Crippen molar-refractivity contribution in [3.05, 3.63) is 19.7 Å². The zero-order valence-corrected chi connectivity index (χ0v) is 14.3. The molecule has 2 heterocycles. The summed E-state index contributed by atoms with van der Waals surface area (Å²) in [6.45, 7) is 1.46. The number of hydrogen-bond donors (Lipinski definition) is 1. The number of anilines is 1. The molecule has 0 aliphatic carbocycles. The lowest BCUT2D eigenvalue weighted by atomic mass is 10.5. The maximum Gasteiger partial charge on any atom is 0.278 e. The van der Waals surface area contributed by atoms with Gasteiger partial charge in [-0.3, -0.25) is 0 Å². The van der Waals surface area contributed by atoms with Crippen LogP contribution in [0.3, 0.4) is 0 Å². The fraction of sp³-hybridized carbons (Fsp3) is 0.143. The molecule has 0 aromatic carbocycles. The third kappa shape index (κ3) is 2.02. The van der Waals surface area contributed by atoms with E-state index in [1.807, 2.05) is 0 Å². The van der Waals surface area contributed by atoms with Crippen molar-refractivity contribution in [2.75, 3.05) is 5.73 Å². The van der Waals surface area contributed by atoms with Crippen LogP contribution in [0.25, 0.3) is 0 Å². The van der Waals surface area contributed by atoms with E-state index in [0.717, 1.165) is 3.97 Å². The molecule has 0 saturated carbocycles. The molecule has 0 aliphatic heterocycles. The van der Waals surface area contributed by atoms with Crippen LogP contribution in [0, 0.1) is 6.92 Å². The van der Waals surface area contributed by atoms with Crippen molar-refractivity contribution in [1.82, 2.24) is 14.1 Å². The molecule has 0 amide bonds. The molecule has 18 heavy (non-hydrogen) atoms. The lowest BCUT2D eigenvalue weighted by molar-refractivity contribution is 0.396. The molecule has 98 valence electrons. The van der Waals surface area contributed by atoms with Gasteiger partial charge in [0.05, 0.1) is 0 Å². The van der Waals surface area contributed by atoms with Gasteiger partial charge in [-0.1, -0.05) is 5.16 Å². The molecule has 7 nitrogen and oxygen atoms in total. The lowest BCUT2D eigenvalue weighted by Gasteiger charge is -2.06. The molecule has 2 aromatic rings. The molecule has 0 saturated heterocycles. The molecule has 0 bridgehead atoms. The van der Waals surface area contributed by atoms with E-state index in [1.165, 1.54) is 6.92 Å². The van der Waals surface area contributed by atoms with Gasteiger partial charge >= 0.3 is 0 Å². The van der Waals surface area contributed by atoms with Gasteiger partial charge in [0.25, 0.3) is 10.0 Å². The van der Waals surface area contributed by atoms with Crippen molar-refractivity contribution < 1.29 is 12.9 Å². The van der Waals surface area contributed by atoms with E-state index in [4.69, 9.17) is 10.3 Å². The number of aromatic nitrogens is 3. The Balaban J connectivity index is 2.78. The minimum atomic E-state index is -3.95. The number of aryl methyl sites for hydroxylation is 1. The Morgan fingerprint density at radius 3 is 2.33 bits per heavy atom. The minimum Gasteiger partial charge on any atom is -0.380 e. The van der Waals surface area contributed by atoms with Crippen LogP contribution < -0.4 is 5.73 Å². The van der Waals surface area contributed by atoms with E-state index in [9.17, 15) is 8.42 Å². The van der Waals surface area contributed by atoms with E-state index in [2.05, 4.69) is 57.9 Å². The van der Waals surface area contributed by atoms with Crippen molar-refractivity contribution in [1.29, 1.82) is 0 Å². The zero-order valence-electron chi connectivity index (χ0n) is 8.69. The largest absolute Gasteiger partial charge is 0.380 e. The number of nitrogen functional groups attached to an aromatic ring is 1. The molecule has 0 radical (unpaired) electrons. The quantitative estimate of drug-likeness (QED) is 0.731. The molecule has 0 aliphatic rings. The predicted molar refractivity (Wildman–Crippen MR) is 73.6 cm³/mol. The van der Waals surface area contributed by atoms with Gasteiger partial charge in [-0.25, -0.2) is 17.4 Å². The highest BCUT2D eigenvalue weighted by Gasteiger charge is 2.31. The van der Waals surface area contributed by atoms with Gasteiger partial charge < -0.3 is 10.3 Å². The second-order valence-corrected chi connectivity index (χ2v) is 7.12. The number of halogens is 3. The monoisotopic (exact) mass is 462 g/mol. The van der Waals surface area contributed by atoms with Gasteiger partial charge in [0.1, 0.15) is 9.21 Å². The van der Waals surface area contributed by atoms with Crippen molar-refractivity contribution in [3.63, 3.8) is 0 Å². The summed E-state index contributed by atoms with van der Waals surface area (Å²) in [4.78, 5) is 3.74. The van der Waals surface area contributed by atoms with Crippen molar-refractivity contribution in [2.24, 2.45) is 0 Å². The highest BCUT2D eigenvalue weighted by atomic mass is 79.9. The summed E-state index contributed by atoms with van der Waals surface area (Å²) in [5.74, 6) is -0.0905. The summed E-state index contributed by atoms with van der Waals surface area (Å²) in [6.07, 6.45) is 0. The van der Waals surface area contributed by atoms with Gasteiger partial charge in [0.15, 0.2) is 21.2 Å². The smallest absolute Gasteiger partial charge is 0.278 e. The van der Waals surface area contributed by atoms with Gasteiger partial charge in [-0.15, -0.1) is 0 Å². The van der Waals surface area contributed by atoms with E-state index in [-0.39, 0.29) is 25.8 Å². The molecule has 0 atom stereocenters. The first-order valence-electron chi connectivity index (χ1n) is 4.33. The van der Waals surface area contributed by atoms with Crippen LogP contribution in [-0.2, 0) is 10.0 Å². The Morgan fingerprint density at radius 1 is 1.33 bits per heavy atom. The first-order chi connectivity index (χ1) is 8.26. The summed E-state index contributed by atoms with van der Waals surface area (Å²) in [5, 5.41) is 3.42. The van der Waals surface area contributed by atoms with E-state index in [1.54, 1.807) is 0 Å². The number of nitrogens with two attached hydrogens (primary N) is 1. The van der Waals surface area contributed by atoms with Gasteiger partial charge in [0, 0.05) is 0 Å². The molecular formula is C7H5Br3N4O3S. The molecule has 0 unspecified atom stereocenters. The molecule has 11 heteroatoms. The Bertz CT molecular complexity index is 701. The Hall–Kier alpha value is -0.390. The van der Waals surface area contributed by atoms with E-state index < -0.39 is 10.0 Å². The van der Waals surface area contributed by atoms with Crippen LogP contribution in [0.5, 0.6) is 0 Å². The van der Waals surface area contributed by atoms with E-state index in [0.29, 0.717) is 4.60 Å². The van der Waals surface area contributed by atoms with E-state index >= 15 is 0 Å². The maximum atomic E-state index is 12.5. The maximum absolute atomic E-state index is 12.5. The molecule has 2 N–H and O–H groups in total. The van der Waals surface area contributed by atoms with Gasteiger partial charge in [0.2, 0.25) is 0 Å². The summed E-state index contributed by atoms with van der Waals surface area (Å²) in [5.41, 5.74) is 5.51. The average Bonchev–Trinajstić information content (AvgIpc) is 2.69. The number of rotatable bonds is 2. The first kappa shape index (κ1) is 14.0. The summed E-state index contributed by atoms with van der Waals surface area (Å²) in [6, 6.07) is 0. The third-order valence-electron chi connectivity index (χ3n) is 2.04. The topological polar surface area (TPSA) is 104 Å². The summed E-state index contributed by atoms with van der Waals surface area (Å²) < 4.78 is 31.3. The third-order valence-corrected chi connectivity index (χ3v) is 6.70. The second-order valence-electron chi connectivity index (χ2n) is 3.19. The lowest BCUT2D eigenvalue weighted by Crippen LogP contribution is -2.15. The fourth-order valence-electron chi connectivity index (χ4n) is 1.33.